The number of aromatic nitrogens is 1. The molecule has 1 aliphatic heterocycles. The average molecular weight is 410 g/mol. The Bertz CT molecular complexity index is 798. The summed E-state index contributed by atoms with van der Waals surface area (Å²) in [6, 6.07) is 14.9. The summed E-state index contributed by atoms with van der Waals surface area (Å²) in [6.45, 7) is 9.30. The third-order valence-electron chi connectivity index (χ3n) is 6.18. The van der Waals surface area contributed by atoms with Gasteiger partial charge >= 0.3 is 0 Å². The molecule has 0 saturated carbocycles. The van der Waals surface area contributed by atoms with Crippen molar-refractivity contribution in [3.8, 4) is 0 Å². The van der Waals surface area contributed by atoms with Crippen LogP contribution in [0.5, 0.6) is 0 Å². The first-order chi connectivity index (χ1) is 14.7. The van der Waals surface area contributed by atoms with Crippen molar-refractivity contribution in [2.45, 2.75) is 38.6 Å². The Kier molecular flexibility index (Phi) is 8.08. The molecule has 0 aliphatic carbocycles. The highest BCUT2D eigenvalue weighted by molar-refractivity contribution is 5.80. The maximum absolute atomic E-state index is 5.48. The molecule has 162 valence electrons. The van der Waals surface area contributed by atoms with Crippen LogP contribution in [0.2, 0.25) is 0 Å². The molecule has 0 radical (unpaired) electrons. The van der Waals surface area contributed by atoms with Gasteiger partial charge in [0.2, 0.25) is 0 Å². The van der Waals surface area contributed by atoms with Crippen molar-refractivity contribution in [1.29, 1.82) is 0 Å². The van der Waals surface area contributed by atoms with Crippen LogP contribution in [0.3, 0.4) is 0 Å². The van der Waals surface area contributed by atoms with Gasteiger partial charge in [-0.1, -0.05) is 50.2 Å². The summed E-state index contributed by atoms with van der Waals surface area (Å²) in [5.74, 6) is 1.85. The van der Waals surface area contributed by atoms with Crippen LogP contribution in [0.15, 0.2) is 53.7 Å². The first-order valence-electron chi connectivity index (χ1n) is 11.0. The Balaban J connectivity index is 1.64. The molecule has 1 aliphatic rings. The second kappa shape index (κ2) is 11.0. The number of guanidine groups is 1. The van der Waals surface area contributed by atoms with Gasteiger partial charge in [0.25, 0.3) is 0 Å². The van der Waals surface area contributed by atoms with Crippen LogP contribution < -0.4 is 15.5 Å². The fourth-order valence-corrected chi connectivity index (χ4v) is 4.08. The Labute approximate surface area is 180 Å². The zero-order valence-corrected chi connectivity index (χ0v) is 18.5. The fourth-order valence-electron chi connectivity index (χ4n) is 4.08. The molecule has 3 rings (SSSR count). The molecule has 6 nitrogen and oxygen atoms in total. The molecule has 0 atom stereocenters. The summed E-state index contributed by atoms with van der Waals surface area (Å²) in [5.41, 5.74) is 2.63. The van der Waals surface area contributed by atoms with Gasteiger partial charge < -0.3 is 20.3 Å². The van der Waals surface area contributed by atoms with E-state index in [0.717, 1.165) is 57.5 Å². The summed E-state index contributed by atoms with van der Waals surface area (Å²) < 4.78 is 5.48. The van der Waals surface area contributed by atoms with Crippen molar-refractivity contribution in [3.05, 3.63) is 59.8 Å². The maximum atomic E-state index is 5.48. The van der Waals surface area contributed by atoms with E-state index in [-0.39, 0.29) is 5.41 Å². The van der Waals surface area contributed by atoms with Crippen molar-refractivity contribution in [2.75, 3.05) is 44.8 Å². The van der Waals surface area contributed by atoms with Crippen molar-refractivity contribution in [3.63, 3.8) is 0 Å². The van der Waals surface area contributed by atoms with Crippen LogP contribution in [-0.4, -0.2) is 50.8 Å². The molecule has 1 saturated heterocycles. The fraction of sp³-hybridized carbons (Fsp3) is 0.500. The number of hydrogen-bond acceptors (Lipinski definition) is 4. The van der Waals surface area contributed by atoms with Crippen molar-refractivity contribution < 1.29 is 4.74 Å². The van der Waals surface area contributed by atoms with E-state index >= 15 is 0 Å². The lowest BCUT2D eigenvalue weighted by atomic mass is 9.76. The van der Waals surface area contributed by atoms with Gasteiger partial charge in [0.1, 0.15) is 5.82 Å². The van der Waals surface area contributed by atoms with Crippen LogP contribution in [0, 0.1) is 0 Å². The van der Waals surface area contributed by atoms with E-state index < -0.39 is 0 Å². The molecule has 0 bridgehead atoms. The minimum absolute atomic E-state index is 0.0894. The molecule has 1 aromatic carbocycles. The number of ether oxygens (including phenoxy) is 1. The monoisotopic (exact) mass is 409 g/mol. The molecule has 2 aromatic rings. The van der Waals surface area contributed by atoms with E-state index in [2.05, 4.69) is 75.8 Å². The van der Waals surface area contributed by atoms with E-state index in [1.54, 1.807) is 0 Å². The van der Waals surface area contributed by atoms with Crippen molar-refractivity contribution >= 4 is 11.8 Å². The van der Waals surface area contributed by atoms with Crippen LogP contribution in [0.4, 0.5) is 5.82 Å². The molecule has 0 spiro atoms. The van der Waals surface area contributed by atoms with E-state index in [0.29, 0.717) is 6.54 Å². The normalized spacial score (nSPS) is 15.2. The van der Waals surface area contributed by atoms with E-state index in [9.17, 15) is 0 Å². The Morgan fingerprint density at radius 3 is 2.47 bits per heavy atom. The molecule has 2 N–H and O–H groups in total. The summed E-state index contributed by atoms with van der Waals surface area (Å²) in [4.78, 5) is 11.4. The van der Waals surface area contributed by atoms with E-state index in [4.69, 9.17) is 4.74 Å². The van der Waals surface area contributed by atoms with E-state index in [1.165, 1.54) is 11.1 Å². The third kappa shape index (κ3) is 5.30. The molecule has 0 unspecified atom stereocenters. The lowest BCUT2D eigenvalue weighted by Crippen LogP contribution is -2.45. The van der Waals surface area contributed by atoms with Gasteiger partial charge in [-0.3, -0.25) is 4.99 Å². The molecule has 2 heterocycles. The molecule has 1 fully saturated rings. The molecular weight excluding hydrogens is 374 g/mol. The minimum atomic E-state index is 0.0894. The highest BCUT2D eigenvalue weighted by atomic mass is 16.5. The summed E-state index contributed by atoms with van der Waals surface area (Å²) in [6.07, 6.45) is 4.00. The van der Waals surface area contributed by atoms with Gasteiger partial charge in [0.05, 0.1) is 13.2 Å². The maximum Gasteiger partial charge on any atom is 0.191 e. The Morgan fingerprint density at radius 2 is 1.80 bits per heavy atom. The molecule has 6 heteroatoms. The highest BCUT2D eigenvalue weighted by Gasteiger charge is 2.28. The number of hydrogen-bond donors (Lipinski definition) is 2. The minimum Gasteiger partial charge on any atom is -0.378 e. The number of anilines is 1. The predicted molar refractivity (Wildman–Crippen MR) is 124 cm³/mol. The predicted octanol–water partition coefficient (Wildman–Crippen LogP) is 3.34. The zero-order valence-electron chi connectivity index (χ0n) is 18.5. The number of nitrogens with one attached hydrogen (secondary N) is 2. The Hall–Kier alpha value is -2.60. The van der Waals surface area contributed by atoms with E-state index in [1.807, 2.05) is 19.3 Å². The van der Waals surface area contributed by atoms with Gasteiger partial charge in [-0.05, 0) is 24.5 Å². The van der Waals surface area contributed by atoms with Gasteiger partial charge in [-0.15, -0.1) is 0 Å². The molecule has 1 aromatic heterocycles. The largest absolute Gasteiger partial charge is 0.378 e. The first-order valence-corrected chi connectivity index (χ1v) is 11.0. The molecule has 0 amide bonds. The van der Waals surface area contributed by atoms with Crippen LogP contribution in [-0.2, 0) is 16.7 Å². The second-order valence-corrected chi connectivity index (χ2v) is 7.72. The quantitative estimate of drug-likeness (QED) is 0.517. The number of morpholine rings is 1. The second-order valence-electron chi connectivity index (χ2n) is 7.72. The lowest BCUT2D eigenvalue weighted by molar-refractivity contribution is 0.122. The van der Waals surface area contributed by atoms with Crippen molar-refractivity contribution in [1.82, 2.24) is 15.6 Å². The lowest BCUT2D eigenvalue weighted by Gasteiger charge is -2.33. The standard InChI is InChI=1S/C24H35N5O/c1-4-24(5-2,21-11-7-6-8-12-21)19-28-23(25-3)27-18-20-10-9-13-26-22(20)29-14-16-30-17-15-29/h6-13H,4-5,14-19H2,1-3H3,(H2,25,27,28). The summed E-state index contributed by atoms with van der Waals surface area (Å²) in [7, 11) is 1.82. The van der Waals surface area contributed by atoms with Crippen molar-refractivity contribution in [2.24, 2.45) is 4.99 Å². The van der Waals surface area contributed by atoms with Gasteiger partial charge in [-0.25, -0.2) is 4.98 Å². The SMILES string of the molecule is CCC(CC)(CNC(=NC)NCc1cccnc1N1CCOCC1)c1ccccc1. The molecule has 30 heavy (non-hydrogen) atoms. The van der Waals surface area contributed by atoms with Gasteiger partial charge in [-0.2, -0.15) is 0 Å². The number of aliphatic imine (C=N–C) groups is 1. The number of nitrogens with zero attached hydrogens (tertiary/aromatic N) is 3. The highest BCUT2D eigenvalue weighted by Crippen LogP contribution is 2.30. The summed E-state index contributed by atoms with van der Waals surface area (Å²) in [5, 5.41) is 7.04. The van der Waals surface area contributed by atoms with Crippen LogP contribution in [0.25, 0.3) is 0 Å². The Morgan fingerprint density at radius 1 is 1.07 bits per heavy atom. The number of benzene rings is 1. The number of rotatable bonds is 8. The zero-order chi connectivity index (χ0) is 21.2. The first kappa shape index (κ1) is 22.1. The number of pyridine rings is 1. The smallest absolute Gasteiger partial charge is 0.191 e. The summed E-state index contributed by atoms with van der Waals surface area (Å²) >= 11 is 0. The van der Waals surface area contributed by atoms with Gasteiger partial charge in [0.15, 0.2) is 5.96 Å². The average Bonchev–Trinajstić information content (AvgIpc) is 2.83. The third-order valence-corrected chi connectivity index (χ3v) is 6.18. The van der Waals surface area contributed by atoms with Crippen LogP contribution >= 0.6 is 0 Å². The van der Waals surface area contributed by atoms with Gasteiger partial charge in [0, 0.05) is 50.4 Å². The molecular formula is C24H35N5O. The topological polar surface area (TPSA) is 61.8 Å². The van der Waals surface area contributed by atoms with Crippen LogP contribution in [0.1, 0.15) is 37.8 Å².